The van der Waals surface area contributed by atoms with Crippen molar-refractivity contribution in [1.29, 1.82) is 0 Å². The third-order valence-electron chi connectivity index (χ3n) is 6.98. The number of aromatic nitrogens is 1. The van der Waals surface area contributed by atoms with E-state index in [9.17, 15) is 23.2 Å². The largest absolute Gasteiger partial charge is 0.481 e. The summed E-state index contributed by atoms with van der Waals surface area (Å²) in [6.45, 7) is 4.86. The number of carbonyl (C=O) groups excluding carboxylic acids is 3. The van der Waals surface area contributed by atoms with E-state index in [1.54, 1.807) is 0 Å². The van der Waals surface area contributed by atoms with Crippen LogP contribution in [0.15, 0.2) is 36.4 Å². The SMILES string of the molecule is CC.CNC(=O)C1(NC=O)CCC(C(=O)Nc2ccc(OC)nc2OC(F)F)(c2ccccc2C(C)C)CC1. The van der Waals surface area contributed by atoms with Crippen LogP contribution in [0.1, 0.15) is 70.4 Å². The predicted octanol–water partition coefficient (Wildman–Crippen LogP) is 4.52. The first kappa shape index (κ1) is 31.5. The first-order valence-corrected chi connectivity index (χ1v) is 13.0. The lowest BCUT2D eigenvalue weighted by atomic mass is 9.62. The number of hydrogen-bond acceptors (Lipinski definition) is 6. The van der Waals surface area contributed by atoms with Gasteiger partial charge in [-0.1, -0.05) is 52.0 Å². The number of halogens is 2. The van der Waals surface area contributed by atoms with Gasteiger partial charge in [-0.15, -0.1) is 0 Å². The molecule has 1 heterocycles. The molecule has 0 atom stereocenters. The zero-order valence-corrected chi connectivity index (χ0v) is 23.3. The van der Waals surface area contributed by atoms with Gasteiger partial charge >= 0.3 is 6.61 Å². The first-order chi connectivity index (χ1) is 18.6. The fourth-order valence-electron chi connectivity index (χ4n) is 5.00. The zero-order chi connectivity index (χ0) is 29.2. The van der Waals surface area contributed by atoms with Gasteiger partial charge in [0.25, 0.3) is 0 Å². The summed E-state index contributed by atoms with van der Waals surface area (Å²) in [6, 6.07) is 10.3. The van der Waals surface area contributed by atoms with E-state index in [0.717, 1.165) is 11.1 Å². The Labute approximate surface area is 228 Å². The molecule has 0 aliphatic heterocycles. The van der Waals surface area contributed by atoms with Crippen molar-refractivity contribution in [3.8, 4) is 11.8 Å². The van der Waals surface area contributed by atoms with Crippen LogP contribution < -0.4 is 25.4 Å². The van der Waals surface area contributed by atoms with Gasteiger partial charge in [0.05, 0.1) is 12.5 Å². The molecule has 0 unspecified atom stereocenters. The highest BCUT2D eigenvalue weighted by molar-refractivity contribution is 6.01. The molecule has 3 amide bonds. The molecule has 1 saturated carbocycles. The number of carbonyl (C=O) groups is 3. The van der Waals surface area contributed by atoms with E-state index < -0.39 is 29.4 Å². The maximum Gasteiger partial charge on any atom is 0.388 e. The summed E-state index contributed by atoms with van der Waals surface area (Å²) in [5.41, 5.74) is -0.604. The van der Waals surface area contributed by atoms with Crippen molar-refractivity contribution < 1.29 is 32.6 Å². The van der Waals surface area contributed by atoms with Gasteiger partial charge < -0.3 is 25.4 Å². The number of likely N-dealkylation sites (N-methyl/N-ethyl adjacent to an activating group) is 1. The van der Waals surface area contributed by atoms with Crippen molar-refractivity contribution in [2.24, 2.45) is 0 Å². The number of pyridine rings is 1. The molecule has 0 saturated heterocycles. The predicted molar refractivity (Wildman–Crippen MR) is 144 cm³/mol. The fourth-order valence-corrected chi connectivity index (χ4v) is 5.00. The Balaban J connectivity index is 0.00000260. The molecule has 1 fully saturated rings. The summed E-state index contributed by atoms with van der Waals surface area (Å²) in [5, 5.41) is 7.99. The Morgan fingerprint density at radius 1 is 1.03 bits per heavy atom. The number of benzene rings is 1. The Bertz CT molecular complexity index is 1130. The average Bonchev–Trinajstić information content (AvgIpc) is 2.94. The van der Waals surface area contributed by atoms with Crippen LogP contribution in [0.3, 0.4) is 0 Å². The lowest BCUT2D eigenvalue weighted by molar-refractivity contribution is -0.134. The van der Waals surface area contributed by atoms with E-state index in [1.165, 1.54) is 26.3 Å². The molecule has 1 aromatic carbocycles. The summed E-state index contributed by atoms with van der Waals surface area (Å²) in [4.78, 5) is 42.1. The number of amides is 3. The Kier molecular flexibility index (Phi) is 11.2. The van der Waals surface area contributed by atoms with Crippen LogP contribution in [0.5, 0.6) is 11.8 Å². The Morgan fingerprint density at radius 3 is 2.21 bits per heavy atom. The van der Waals surface area contributed by atoms with Crippen LogP contribution in [-0.4, -0.2) is 49.5 Å². The molecule has 3 N–H and O–H groups in total. The van der Waals surface area contributed by atoms with Gasteiger partial charge in [-0.2, -0.15) is 13.8 Å². The zero-order valence-electron chi connectivity index (χ0n) is 23.3. The van der Waals surface area contributed by atoms with Crippen molar-refractivity contribution >= 4 is 23.9 Å². The number of methoxy groups -OCH3 is 1. The third kappa shape index (κ3) is 6.82. The van der Waals surface area contributed by atoms with Gasteiger partial charge in [0.2, 0.25) is 30.0 Å². The van der Waals surface area contributed by atoms with E-state index in [4.69, 9.17) is 4.74 Å². The molecule has 2 aromatic rings. The van der Waals surface area contributed by atoms with Crippen LogP contribution in [0.4, 0.5) is 14.5 Å². The molecular formula is C28H38F2N4O5. The van der Waals surface area contributed by atoms with Crippen LogP contribution in [0.25, 0.3) is 0 Å². The molecule has 11 heteroatoms. The van der Waals surface area contributed by atoms with Crippen molar-refractivity contribution in [3.05, 3.63) is 47.5 Å². The highest BCUT2D eigenvalue weighted by atomic mass is 19.3. The summed E-state index contributed by atoms with van der Waals surface area (Å²) in [5.74, 6) is -1.16. The van der Waals surface area contributed by atoms with Crippen LogP contribution in [-0.2, 0) is 19.8 Å². The molecule has 0 radical (unpaired) electrons. The number of hydrogen-bond donors (Lipinski definition) is 3. The fraction of sp³-hybridized carbons (Fsp3) is 0.500. The van der Waals surface area contributed by atoms with Crippen LogP contribution in [0, 0.1) is 0 Å². The average molecular weight is 549 g/mol. The van der Waals surface area contributed by atoms with E-state index in [2.05, 4.69) is 25.7 Å². The lowest BCUT2D eigenvalue weighted by Crippen LogP contribution is -2.60. The second-order valence-corrected chi connectivity index (χ2v) is 9.29. The van der Waals surface area contributed by atoms with Crippen LogP contribution in [0.2, 0.25) is 0 Å². The molecule has 1 aromatic heterocycles. The van der Waals surface area contributed by atoms with Gasteiger partial charge in [-0.25, -0.2) is 0 Å². The summed E-state index contributed by atoms with van der Waals surface area (Å²) < 4.78 is 35.7. The van der Waals surface area contributed by atoms with E-state index in [1.807, 2.05) is 52.0 Å². The highest BCUT2D eigenvalue weighted by Gasteiger charge is 2.51. The van der Waals surface area contributed by atoms with Gasteiger partial charge in [0, 0.05) is 13.1 Å². The minimum Gasteiger partial charge on any atom is -0.481 e. The number of ether oxygens (including phenoxy) is 2. The highest BCUT2D eigenvalue weighted by Crippen LogP contribution is 2.46. The number of alkyl halides is 2. The molecule has 214 valence electrons. The smallest absolute Gasteiger partial charge is 0.388 e. The maximum absolute atomic E-state index is 14.1. The Hall–Kier alpha value is -3.76. The van der Waals surface area contributed by atoms with Gasteiger partial charge in [0.15, 0.2) is 0 Å². The molecule has 3 rings (SSSR count). The standard InChI is InChI=1S/C26H32F2N4O5.C2H6/c1-16(2)17-7-5-6-8-18(17)25(11-13-26(14-12-25,30-15-33)23(35)29-3)22(34)31-19-9-10-20(36-4)32-21(19)37-24(27)28;1-2/h5-10,15-16,24H,11-14H2,1-4H3,(H,29,35)(H,30,33)(H,31,34);1-2H3. The van der Waals surface area contributed by atoms with Crippen molar-refractivity contribution in [2.45, 2.75) is 76.9 Å². The normalized spacial score (nSPS) is 20.4. The first-order valence-electron chi connectivity index (χ1n) is 13.0. The van der Waals surface area contributed by atoms with Gasteiger partial charge in [-0.05, 0) is 48.8 Å². The molecule has 1 aliphatic carbocycles. The maximum atomic E-state index is 14.1. The second-order valence-electron chi connectivity index (χ2n) is 9.29. The number of nitrogens with one attached hydrogen (secondary N) is 3. The molecule has 0 spiro atoms. The van der Waals surface area contributed by atoms with E-state index >= 15 is 0 Å². The Morgan fingerprint density at radius 2 is 1.67 bits per heavy atom. The van der Waals surface area contributed by atoms with E-state index in [-0.39, 0.29) is 49.1 Å². The van der Waals surface area contributed by atoms with Crippen LogP contribution >= 0.6 is 0 Å². The number of anilines is 1. The van der Waals surface area contributed by atoms with Gasteiger partial charge in [0.1, 0.15) is 11.2 Å². The quantitative estimate of drug-likeness (QED) is 0.376. The number of nitrogens with zero attached hydrogens (tertiary/aromatic N) is 1. The van der Waals surface area contributed by atoms with Gasteiger partial charge in [-0.3, -0.25) is 14.4 Å². The second kappa shape index (κ2) is 13.9. The summed E-state index contributed by atoms with van der Waals surface area (Å²) in [6.07, 6.45) is 1.29. The lowest BCUT2D eigenvalue weighted by Gasteiger charge is -2.45. The van der Waals surface area contributed by atoms with Crippen molar-refractivity contribution in [2.75, 3.05) is 19.5 Å². The van der Waals surface area contributed by atoms with Crippen molar-refractivity contribution in [3.63, 3.8) is 0 Å². The molecule has 9 nitrogen and oxygen atoms in total. The molecule has 39 heavy (non-hydrogen) atoms. The summed E-state index contributed by atoms with van der Waals surface area (Å²) in [7, 11) is 2.82. The number of rotatable bonds is 10. The summed E-state index contributed by atoms with van der Waals surface area (Å²) >= 11 is 0. The minimum atomic E-state index is -3.16. The monoisotopic (exact) mass is 548 g/mol. The topological polar surface area (TPSA) is 119 Å². The van der Waals surface area contributed by atoms with Crippen molar-refractivity contribution in [1.82, 2.24) is 15.6 Å². The third-order valence-corrected chi connectivity index (χ3v) is 6.98. The minimum absolute atomic E-state index is 0.0401. The molecule has 1 aliphatic rings. The van der Waals surface area contributed by atoms with E-state index in [0.29, 0.717) is 6.41 Å². The molecular weight excluding hydrogens is 510 g/mol. The molecule has 0 bridgehead atoms.